The summed E-state index contributed by atoms with van der Waals surface area (Å²) in [7, 11) is 0. The molecule has 0 aliphatic rings. The first-order valence-corrected chi connectivity index (χ1v) is 7.51. The van der Waals surface area contributed by atoms with Crippen molar-refractivity contribution in [2.45, 2.75) is 19.4 Å². The van der Waals surface area contributed by atoms with Crippen LogP contribution in [0.4, 0.5) is 0 Å². The summed E-state index contributed by atoms with van der Waals surface area (Å²) in [5.41, 5.74) is 1.89. The molecule has 1 aromatic heterocycles. The lowest BCUT2D eigenvalue weighted by Gasteiger charge is -2.15. The van der Waals surface area contributed by atoms with Crippen LogP contribution < -0.4 is 5.32 Å². The summed E-state index contributed by atoms with van der Waals surface area (Å²) in [6.07, 6.45) is 0.388. The van der Waals surface area contributed by atoms with Crippen LogP contribution in [0, 0.1) is 0 Å². The topological polar surface area (TPSA) is 29.1 Å². The Hall–Kier alpha value is -1.03. The summed E-state index contributed by atoms with van der Waals surface area (Å²) in [5.74, 6) is -0.0167. The Balaban J connectivity index is 2.00. The third-order valence-electron chi connectivity index (χ3n) is 2.75. The molecule has 1 aromatic carbocycles. The van der Waals surface area contributed by atoms with E-state index in [1.807, 2.05) is 29.8 Å². The van der Waals surface area contributed by atoms with Crippen LogP contribution >= 0.6 is 34.5 Å². The molecule has 2 rings (SSSR count). The second kappa shape index (κ2) is 6.42. The largest absolute Gasteiger partial charge is 0.349 e. The molecule has 19 heavy (non-hydrogen) atoms. The predicted octanol–water partition coefficient (Wildman–Crippen LogP) is 4.47. The molecule has 1 N–H and O–H groups in total. The average Bonchev–Trinajstić information content (AvgIpc) is 2.81. The van der Waals surface area contributed by atoms with Gasteiger partial charge in [-0.15, -0.1) is 0 Å². The number of amides is 1. The Kier molecular flexibility index (Phi) is 4.86. The number of hydrogen-bond donors (Lipinski definition) is 1. The molecule has 5 heteroatoms. The van der Waals surface area contributed by atoms with Crippen LogP contribution in [-0.2, 0) is 11.2 Å². The number of nitrogens with one attached hydrogen (secondary N) is 1. The minimum Gasteiger partial charge on any atom is -0.349 e. The van der Waals surface area contributed by atoms with Crippen LogP contribution in [-0.4, -0.2) is 5.91 Å². The summed E-state index contributed by atoms with van der Waals surface area (Å²) in [4.78, 5) is 11.9. The monoisotopic (exact) mass is 313 g/mol. The van der Waals surface area contributed by atoms with Crippen LogP contribution in [0.1, 0.15) is 24.1 Å². The molecule has 0 radical (unpaired) electrons. The van der Waals surface area contributed by atoms with Crippen molar-refractivity contribution in [2.75, 3.05) is 0 Å². The summed E-state index contributed by atoms with van der Waals surface area (Å²) < 4.78 is 0. The molecule has 0 fully saturated rings. The highest BCUT2D eigenvalue weighted by Gasteiger charge is 2.13. The molecule has 0 saturated heterocycles. The van der Waals surface area contributed by atoms with E-state index in [1.165, 1.54) is 0 Å². The van der Waals surface area contributed by atoms with Gasteiger partial charge >= 0.3 is 0 Å². The maximum atomic E-state index is 11.9. The van der Waals surface area contributed by atoms with Crippen molar-refractivity contribution >= 4 is 40.4 Å². The van der Waals surface area contributed by atoms with Gasteiger partial charge < -0.3 is 5.32 Å². The number of halogens is 2. The number of thiophene rings is 1. The van der Waals surface area contributed by atoms with Gasteiger partial charge in [0.05, 0.1) is 12.5 Å². The molecule has 0 saturated carbocycles. The zero-order valence-electron chi connectivity index (χ0n) is 10.3. The van der Waals surface area contributed by atoms with Crippen molar-refractivity contribution in [3.05, 3.63) is 56.2 Å². The smallest absolute Gasteiger partial charge is 0.224 e. The van der Waals surface area contributed by atoms with E-state index in [-0.39, 0.29) is 11.9 Å². The molecule has 0 spiro atoms. The van der Waals surface area contributed by atoms with Crippen molar-refractivity contribution in [1.82, 2.24) is 5.32 Å². The summed E-state index contributed by atoms with van der Waals surface area (Å²) >= 11 is 13.6. The molecular formula is C14H13Cl2NOS. The van der Waals surface area contributed by atoms with Gasteiger partial charge in [0.25, 0.3) is 0 Å². The first-order valence-electron chi connectivity index (χ1n) is 5.81. The molecule has 100 valence electrons. The van der Waals surface area contributed by atoms with Gasteiger partial charge in [0.2, 0.25) is 5.91 Å². The molecule has 1 heterocycles. The lowest BCUT2D eigenvalue weighted by molar-refractivity contribution is -0.121. The second-order valence-corrected chi connectivity index (χ2v) is 5.89. The molecule has 2 aromatic rings. The number of carbonyl (C=O) groups excluding carboxylic acids is 1. The predicted molar refractivity (Wildman–Crippen MR) is 81.0 cm³/mol. The van der Waals surface area contributed by atoms with E-state index in [0.29, 0.717) is 16.5 Å². The number of hydrogen-bond acceptors (Lipinski definition) is 2. The maximum absolute atomic E-state index is 11.9. The number of rotatable bonds is 4. The Bertz CT molecular complexity index is 569. The molecule has 2 nitrogen and oxygen atoms in total. The lowest BCUT2D eigenvalue weighted by atomic mass is 10.1. The van der Waals surface area contributed by atoms with Gasteiger partial charge in [-0.1, -0.05) is 29.3 Å². The molecule has 1 atom stereocenters. The third-order valence-corrected chi connectivity index (χ3v) is 4.05. The first kappa shape index (κ1) is 14.4. The fourth-order valence-corrected chi connectivity index (χ4v) is 3.04. The van der Waals surface area contributed by atoms with E-state index >= 15 is 0 Å². The highest BCUT2D eigenvalue weighted by atomic mass is 35.5. The van der Waals surface area contributed by atoms with Crippen LogP contribution in [0.3, 0.4) is 0 Å². The van der Waals surface area contributed by atoms with E-state index < -0.39 is 0 Å². The third kappa shape index (κ3) is 3.96. The van der Waals surface area contributed by atoms with Crippen LogP contribution in [0.25, 0.3) is 0 Å². The fourth-order valence-electron chi connectivity index (χ4n) is 1.80. The SMILES string of the molecule is C[C@H](NC(=O)Cc1ccsc1)c1ccc(Cl)cc1Cl. The Labute approximate surface area is 126 Å². The van der Waals surface area contributed by atoms with E-state index in [9.17, 15) is 4.79 Å². The van der Waals surface area contributed by atoms with Gasteiger partial charge in [-0.2, -0.15) is 11.3 Å². The number of carbonyl (C=O) groups is 1. The van der Waals surface area contributed by atoms with Gasteiger partial charge in [0.15, 0.2) is 0 Å². The zero-order chi connectivity index (χ0) is 13.8. The van der Waals surface area contributed by atoms with Crippen molar-refractivity contribution in [3.63, 3.8) is 0 Å². The summed E-state index contributed by atoms with van der Waals surface area (Å²) in [6.45, 7) is 1.90. The quantitative estimate of drug-likeness (QED) is 0.886. The molecule has 0 unspecified atom stereocenters. The van der Waals surface area contributed by atoms with E-state index in [0.717, 1.165) is 11.1 Å². The fraction of sp³-hybridized carbons (Fsp3) is 0.214. The van der Waals surface area contributed by atoms with Crippen molar-refractivity contribution in [1.29, 1.82) is 0 Å². The molecule has 0 aliphatic carbocycles. The van der Waals surface area contributed by atoms with Crippen molar-refractivity contribution < 1.29 is 4.79 Å². The van der Waals surface area contributed by atoms with Gasteiger partial charge in [0.1, 0.15) is 0 Å². The van der Waals surface area contributed by atoms with Gasteiger partial charge in [0, 0.05) is 10.0 Å². The van der Waals surface area contributed by atoms with Gasteiger partial charge in [-0.3, -0.25) is 4.79 Å². The van der Waals surface area contributed by atoms with E-state index in [4.69, 9.17) is 23.2 Å². The second-order valence-electron chi connectivity index (χ2n) is 4.26. The van der Waals surface area contributed by atoms with Crippen molar-refractivity contribution in [2.24, 2.45) is 0 Å². The minimum absolute atomic E-state index is 0.0167. The van der Waals surface area contributed by atoms with Crippen LogP contribution in [0.2, 0.25) is 10.0 Å². The Morgan fingerprint density at radius 2 is 2.16 bits per heavy atom. The van der Waals surface area contributed by atoms with Crippen LogP contribution in [0.5, 0.6) is 0 Å². The summed E-state index contributed by atoms with van der Waals surface area (Å²) in [5, 5.41) is 8.02. The van der Waals surface area contributed by atoms with Crippen LogP contribution in [0.15, 0.2) is 35.0 Å². The minimum atomic E-state index is -0.143. The van der Waals surface area contributed by atoms with Gasteiger partial charge in [-0.05, 0) is 47.0 Å². The molecule has 0 aliphatic heterocycles. The zero-order valence-corrected chi connectivity index (χ0v) is 12.6. The normalized spacial score (nSPS) is 12.2. The van der Waals surface area contributed by atoms with Gasteiger partial charge in [-0.25, -0.2) is 0 Å². The highest BCUT2D eigenvalue weighted by Crippen LogP contribution is 2.26. The van der Waals surface area contributed by atoms with E-state index in [2.05, 4.69) is 5.32 Å². The molecule has 1 amide bonds. The summed E-state index contributed by atoms with van der Waals surface area (Å²) in [6, 6.07) is 7.09. The van der Waals surface area contributed by atoms with E-state index in [1.54, 1.807) is 23.5 Å². The Morgan fingerprint density at radius 1 is 1.37 bits per heavy atom. The Morgan fingerprint density at radius 3 is 2.79 bits per heavy atom. The molecule has 0 bridgehead atoms. The lowest BCUT2D eigenvalue weighted by Crippen LogP contribution is -2.28. The van der Waals surface area contributed by atoms with Crippen molar-refractivity contribution in [3.8, 4) is 0 Å². The highest BCUT2D eigenvalue weighted by molar-refractivity contribution is 7.08. The number of benzene rings is 1. The maximum Gasteiger partial charge on any atom is 0.224 e. The average molecular weight is 314 g/mol. The standard InChI is InChI=1S/C14H13Cl2NOS/c1-9(12-3-2-11(15)7-13(12)16)17-14(18)6-10-4-5-19-8-10/h2-5,7-9H,6H2,1H3,(H,17,18)/t9-/m0/s1. The molecular weight excluding hydrogens is 301 g/mol. The first-order chi connectivity index (χ1) is 9.06.